The summed E-state index contributed by atoms with van der Waals surface area (Å²) in [6, 6.07) is 3.95. The lowest BCUT2D eigenvalue weighted by molar-refractivity contribution is 0.363. The van der Waals surface area contributed by atoms with Crippen molar-refractivity contribution in [3.05, 3.63) is 40.7 Å². The molecule has 2 aromatic rings. The molecule has 20 heavy (non-hydrogen) atoms. The van der Waals surface area contributed by atoms with Crippen molar-refractivity contribution >= 4 is 11.3 Å². The van der Waals surface area contributed by atoms with Crippen LogP contribution in [-0.4, -0.2) is 4.98 Å². The first kappa shape index (κ1) is 17.0. The number of thiazole rings is 1. The van der Waals surface area contributed by atoms with Crippen molar-refractivity contribution in [3.63, 3.8) is 0 Å². The Bertz CT molecular complexity index is 412. The Balaban J connectivity index is 0.000000200. The largest absolute Gasteiger partial charge is 0.469 e. The van der Waals surface area contributed by atoms with E-state index in [0.717, 1.165) is 18.6 Å². The monoisotopic (exact) mass is 293 g/mol. The van der Waals surface area contributed by atoms with Crippen LogP contribution in [0.25, 0.3) is 0 Å². The Kier molecular flexibility index (Phi) is 6.00. The van der Waals surface area contributed by atoms with Crippen LogP contribution in [-0.2, 0) is 12.8 Å². The minimum absolute atomic E-state index is 0.331. The van der Waals surface area contributed by atoms with Crippen LogP contribution in [0.3, 0.4) is 0 Å². The molecule has 0 radical (unpaired) electrons. The summed E-state index contributed by atoms with van der Waals surface area (Å²) < 4.78 is 5.21. The number of aromatic nitrogens is 1. The van der Waals surface area contributed by atoms with E-state index in [2.05, 4.69) is 46.5 Å². The first-order chi connectivity index (χ1) is 9.16. The highest BCUT2D eigenvalue weighted by atomic mass is 32.1. The smallest absolute Gasteiger partial charge is 0.104 e. The zero-order chi connectivity index (χ0) is 15.2. The maximum absolute atomic E-state index is 5.21. The molecule has 112 valence electrons. The molecule has 0 N–H and O–H groups in total. The van der Waals surface area contributed by atoms with Gasteiger partial charge in [-0.2, -0.15) is 0 Å². The molecule has 0 amide bonds. The van der Waals surface area contributed by atoms with Crippen LogP contribution >= 0.6 is 11.3 Å². The molecule has 3 heteroatoms. The van der Waals surface area contributed by atoms with Crippen LogP contribution in [0.15, 0.2) is 34.4 Å². The van der Waals surface area contributed by atoms with Gasteiger partial charge in [-0.05, 0) is 23.0 Å². The zero-order valence-electron chi connectivity index (χ0n) is 13.6. The summed E-state index contributed by atoms with van der Waals surface area (Å²) in [5.74, 6) is 1.08. The van der Waals surface area contributed by atoms with Crippen molar-refractivity contribution < 1.29 is 4.42 Å². The molecular formula is C17H27NOS. The molecule has 0 saturated carbocycles. The van der Waals surface area contributed by atoms with Crippen LogP contribution in [0, 0.1) is 10.8 Å². The van der Waals surface area contributed by atoms with Gasteiger partial charge in [0.05, 0.1) is 11.3 Å². The summed E-state index contributed by atoms with van der Waals surface area (Å²) >= 11 is 1.74. The normalized spacial score (nSPS) is 11.9. The first-order valence-electron chi connectivity index (χ1n) is 7.06. The van der Waals surface area contributed by atoms with Gasteiger partial charge < -0.3 is 4.42 Å². The molecule has 0 bridgehead atoms. The van der Waals surface area contributed by atoms with E-state index in [0.29, 0.717) is 10.8 Å². The van der Waals surface area contributed by atoms with Crippen molar-refractivity contribution in [1.29, 1.82) is 0 Å². The lowest BCUT2D eigenvalue weighted by Gasteiger charge is -2.15. The van der Waals surface area contributed by atoms with Gasteiger partial charge in [0.25, 0.3) is 0 Å². The summed E-state index contributed by atoms with van der Waals surface area (Å²) in [5, 5.41) is 3.27. The van der Waals surface area contributed by atoms with Gasteiger partial charge >= 0.3 is 0 Å². The van der Waals surface area contributed by atoms with Gasteiger partial charge in [0, 0.05) is 24.4 Å². The summed E-state index contributed by atoms with van der Waals surface area (Å²) in [4.78, 5) is 4.22. The predicted molar refractivity (Wildman–Crippen MR) is 87.1 cm³/mol. The fourth-order valence-corrected chi connectivity index (χ4v) is 2.65. The van der Waals surface area contributed by atoms with Crippen LogP contribution in [0.1, 0.15) is 52.3 Å². The maximum atomic E-state index is 5.21. The molecule has 0 aliphatic heterocycles. The molecule has 0 aliphatic carbocycles. The topological polar surface area (TPSA) is 26.0 Å². The number of hydrogen-bond donors (Lipinski definition) is 0. The van der Waals surface area contributed by atoms with Gasteiger partial charge in [0.1, 0.15) is 5.76 Å². The van der Waals surface area contributed by atoms with Crippen molar-refractivity contribution in [2.75, 3.05) is 0 Å². The molecule has 0 fully saturated rings. The van der Waals surface area contributed by atoms with Gasteiger partial charge in [-0.25, -0.2) is 4.98 Å². The van der Waals surface area contributed by atoms with Gasteiger partial charge in [0.15, 0.2) is 0 Å². The van der Waals surface area contributed by atoms with E-state index in [1.54, 1.807) is 17.6 Å². The molecule has 2 heterocycles. The van der Waals surface area contributed by atoms with E-state index in [9.17, 15) is 0 Å². The predicted octanol–water partition coefficient (Wildman–Crippen LogP) is 5.60. The zero-order valence-corrected chi connectivity index (χ0v) is 14.4. The molecule has 2 aromatic heterocycles. The Morgan fingerprint density at radius 2 is 1.70 bits per heavy atom. The summed E-state index contributed by atoms with van der Waals surface area (Å²) in [5.41, 5.74) is 0.704. The van der Waals surface area contributed by atoms with Gasteiger partial charge in [0.2, 0.25) is 0 Å². The average molecular weight is 293 g/mol. The van der Waals surface area contributed by atoms with Gasteiger partial charge in [-0.3, -0.25) is 0 Å². The second kappa shape index (κ2) is 7.07. The van der Waals surface area contributed by atoms with Crippen molar-refractivity contribution in [2.24, 2.45) is 10.8 Å². The highest BCUT2D eigenvalue weighted by Crippen LogP contribution is 2.21. The van der Waals surface area contributed by atoms with Gasteiger partial charge in [-0.1, -0.05) is 41.5 Å². The standard InChI is InChI=1S/C9H14O.C8H13NS/c1-9(2,3)7-8-5-4-6-10-8;1-8(2,3)6-7-9-4-5-10-7/h4-6H,7H2,1-3H3;4-5H,6H2,1-3H3. The molecule has 0 spiro atoms. The summed E-state index contributed by atoms with van der Waals surface area (Å²) in [7, 11) is 0. The minimum atomic E-state index is 0.331. The van der Waals surface area contributed by atoms with E-state index in [-0.39, 0.29) is 0 Å². The fourth-order valence-electron chi connectivity index (χ4n) is 1.73. The number of rotatable bonds is 2. The number of nitrogens with zero attached hydrogens (tertiary/aromatic N) is 1. The Morgan fingerprint density at radius 1 is 1.05 bits per heavy atom. The molecule has 2 nitrogen and oxygen atoms in total. The van der Waals surface area contributed by atoms with Crippen LogP contribution in [0.2, 0.25) is 0 Å². The lowest BCUT2D eigenvalue weighted by Crippen LogP contribution is -2.08. The minimum Gasteiger partial charge on any atom is -0.469 e. The second-order valence-corrected chi connectivity index (χ2v) is 8.46. The second-order valence-electron chi connectivity index (χ2n) is 7.48. The molecule has 0 saturated heterocycles. The van der Waals surface area contributed by atoms with Crippen molar-refractivity contribution in [3.8, 4) is 0 Å². The quantitative estimate of drug-likeness (QED) is 0.720. The third-order valence-electron chi connectivity index (χ3n) is 2.45. The Hall–Kier alpha value is -1.09. The van der Waals surface area contributed by atoms with Crippen LogP contribution in [0.4, 0.5) is 0 Å². The SMILES string of the molecule is CC(C)(C)Cc1ccco1.CC(C)(C)Cc1nccs1. The van der Waals surface area contributed by atoms with Crippen molar-refractivity contribution in [2.45, 2.75) is 54.4 Å². The highest BCUT2D eigenvalue weighted by molar-refractivity contribution is 7.09. The Morgan fingerprint density at radius 3 is 2.10 bits per heavy atom. The molecular weight excluding hydrogens is 266 g/mol. The number of furan rings is 1. The molecule has 0 aliphatic rings. The molecule has 0 atom stereocenters. The van der Waals surface area contributed by atoms with E-state index in [1.165, 1.54) is 5.01 Å². The lowest BCUT2D eigenvalue weighted by atomic mass is 9.91. The third kappa shape index (κ3) is 8.16. The highest BCUT2D eigenvalue weighted by Gasteiger charge is 2.12. The van der Waals surface area contributed by atoms with E-state index in [4.69, 9.17) is 4.42 Å². The Labute approximate surface area is 127 Å². The molecule has 2 rings (SSSR count). The third-order valence-corrected chi connectivity index (χ3v) is 3.23. The average Bonchev–Trinajstić information content (AvgIpc) is 2.87. The molecule has 0 unspecified atom stereocenters. The van der Waals surface area contributed by atoms with Crippen LogP contribution in [0.5, 0.6) is 0 Å². The number of hydrogen-bond acceptors (Lipinski definition) is 3. The fraction of sp³-hybridized carbons (Fsp3) is 0.588. The molecule has 0 aromatic carbocycles. The van der Waals surface area contributed by atoms with Crippen molar-refractivity contribution in [1.82, 2.24) is 4.98 Å². The van der Waals surface area contributed by atoms with E-state index < -0.39 is 0 Å². The first-order valence-corrected chi connectivity index (χ1v) is 7.94. The summed E-state index contributed by atoms with van der Waals surface area (Å²) in [6.45, 7) is 13.3. The maximum Gasteiger partial charge on any atom is 0.104 e. The van der Waals surface area contributed by atoms with E-state index in [1.807, 2.05) is 23.7 Å². The van der Waals surface area contributed by atoms with Gasteiger partial charge in [-0.15, -0.1) is 11.3 Å². The van der Waals surface area contributed by atoms with Crippen LogP contribution < -0.4 is 0 Å². The summed E-state index contributed by atoms with van der Waals surface area (Å²) in [6.07, 6.45) is 5.69. The van der Waals surface area contributed by atoms with E-state index >= 15 is 0 Å².